The Morgan fingerprint density at radius 3 is 2.59 bits per heavy atom. The van der Waals surface area contributed by atoms with Crippen LogP contribution in [0.2, 0.25) is 0 Å². The van der Waals surface area contributed by atoms with Gasteiger partial charge in [0, 0.05) is 19.4 Å². The molecule has 152 valence electrons. The Morgan fingerprint density at radius 2 is 1.86 bits per heavy atom. The largest absolute Gasteiger partial charge is 0.505 e. The zero-order valence-corrected chi connectivity index (χ0v) is 16.0. The van der Waals surface area contributed by atoms with Crippen molar-refractivity contribution < 1.29 is 24.6 Å². The number of carboxylic acid groups (broad SMARTS) is 1. The molecule has 0 bridgehead atoms. The first kappa shape index (κ1) is 20.4. The number of rotatable bonds is 8. The molecule has 7 nitrogen and oxygen atoms in total. The van der Waals surface area contributed by atoms with Crippen molar-refractivity contribution in [3.8, 4) is 5.75 Å². The number of phenols is 1. The number of aliphatic carboxylic acids is 1. The quantitative estimate of drug-likeness (QED) is 0.595. The number of nitrogens with zero attached hydrogens (tertiary/aromatic N) is 1. The van der Waals surface area contributed by atoms with Crippen LogP contribution >= 0.6 is 0 Å². The topological polar surface area (TPSA) is 107 Å². The molecule has 29 heavy (non-hydrogen) atoms. The first-order valence-electron chi connectivity index (χ1n) is 9.62. The van der Waals surface area contributed by atoms with Crippen molar-refractivity contribution in [2.75, 3.05) is 5.32 Å². The Morgan fingerprint density at radius 1 is 1.10 bits per heavy atom. The third kappa shape index (κ3) is 5.13. The van der Waals surface area contributed by atoms with Gasteiger partial charge in [0.15, 0.2) is 0 Å². The number of carbonyl (C=O) groups is 3. The van der Waals surface area contributed by atoms with Crippen molar-refractivity contribution in [1.82, 2.24) is 4.90 Å². The van der Waals surface area contributed by atoms with E-state index in [4.69, 9.17) is 5.11 Å². The number of likely N-dealkylation sites (tertiary alicyclic amines) is 1. The normalized spacial score (nSPS) is 16.1. The van der Waals surface area contributed by atoms with E-state index in [-0.39, 0.29) is 29.7 Å². The molecule has 2 amide bonds. The summed E-state index contributed by atoms with van der Waals surface area (Å²) in [6.07, 6.45) is 1.53. The van der Waals surface area contributed by atoms with Crippen molar-refractivity contribution >= 4 is 23.5 Å². The highest BCUT2D eigenvalue weighted by Gasteiger charge is 2.36. The Balaban J connectivity index is 1.69. The number of nitrogens with one attached hydrogen (secondary N) is 1. The van der Waals surface area contributed by atoms with Crippen LogP contribution in [-0.4, -0.2) is 38.9 Å². The summed E-state index contributed by atoms with van der Waals surface area (Å²) in [4.78, 5) is 37.4. The molecule has 0 radical (unpaired) electrons. The lowest BCUT2D eigenvalue weighted by Gasteiger charge is -2.24. The summed E-state index contributed by atoms with van der Waals surface area (Å²) in [5.74, 6) is -1.37. The number of benzene rings is 2. The van der Waals surface area contributed by atoms with Crippen molar-refractivity contribution in [3.05, 3.63) is 59.7 Å². The van der Waals surface area contributed by atoms with Gasteiger partial charge >= 0.3 is 5.97 Å². The number of hydrogen-bond acceptors (Lipinski definition) is 4. The standard InChI is InChI=1S/C22H24N2O5/c25-19-13-12-18(24(19)14-15-6-2-1-3-7-15)22(29)23-17-10-4-8-16(21(17)28)9-5-11-20(26)27/h1-4,6-8,10,18,28H,5,9,11-14H2,(H,23,29)(H,26,27). The number of amides is 2. The van der Waals surface area contributed by atoms with E-state index in [0.29, 0.717) is 37.8 Å². The minimum absolute atomic E-state index is 0.00859. The lowest BCUT2D eigenvalue weighted by atomic mass is 10.1. The van der Waals surface area contributed by atoms with Crippen LogP contribution in [0.25, 0.3) is 0 Å². The summed E-state index contributed by atoms with van der Waals surface area (Å²) < 4.78 is 0. The van der Waals surface area contributed by atoms with E-state index in [1.807, 2.05) is 30.3 Å². The second kappa shape index (κ2) is 9.23. The minimum atomic E-state index is -0.890. The summed E-state index contributed by atoms with van der Waals surface area (Å²) in [7, 11) is 0. The molecule has 1 fully saturated rings. The van der Waals surface area contributed by atoms with Crippen LogP contribution in [-0.2, 0) is 27.3 Å². The molecule has 1 saturated heterocycles. The molecular formula is C22H24N2O5. The molecule has 3 N–H and O–H groups in total. The van der Waals surface area contributed by atoms with Gasteiger partial charge in [0.05, 0.1) is 5.69 Å². The van der Waals surface area contributed by atoms with Crippen LogP contribution in [0.4, 0.5) is 5.69 Å². The third-order valence-corrected chi connectivity index (χ3v) is 5.04. The van der Waals surface area contributed by atoms with Gasteiger partial charge in [-0.05, 0) is 36.5 Å². The van der Waals surface area contributed by atoms with E-state index in [0.717, 1.165) is 5.56 Å². The average Bonchev–Trinajstić information content (AvgIpc) is 3.06. The van der Waals surface area contributed by atoms with E-state index in [1.165, 1.54) is 0 Å². The SMILES string of the molecule is O=C(O)CCCc1cccc(NC(=O)C2CCC(=O)N2Cc2ccccc2)c1O. The third-order valence-electron chi connectivity index (χ3n) is 5.04. The molecule has 0 saturated carbocycles. The van der Waals surface area contributed by atoms with Crippen LogP contribution < -0.4 is 5.32 Å². The number of hydrogen-bond donors (Lipinski definition) is 3. The van der Waals surface area contributed by atoms with Crippen molar-refractivity contribution in [3.63, 3.8) is 0 Å². The molecule has 1 aliphatic rings. The smallest absolute Gasteiger partial charge is 0.303 e. The molecule has 1 atom stereocenters. The van der Waals surface area contributed by atoms with E-state index in [1.54, 1.807) is 23.1 Å². The Bertz CT molecular complexity index is 897. The van der Waals surface area contributed by atoms with Gasteiger partial charge < -0.3 is 20.4 Å². The number of carbonyl (C=O) groups excluding carboxylic acids is 2. The maximum atomic E-state index is 12.8. The second-order valence-electron chi connectivity index (χ2n) is 7.11. The maximum absolute atomic E-state index is 12.8. The highest BCUT2D eigenvalue weighted by atomic mass is 16.4. The van der Waals surface area contributed by atoms with E-state index >= 15 is 0 Å². The Hall–Kier alpha value is -3.35. The zero-order valence-electron chi connectivity index (χ0n) is 16.0. The molecule has 1 heterocycles. The molecule has 7 heteroatoms. The number of phenolic OH excluding ortho intramolecular Hbond substituents is 1. The fourth-order valence-electron chi connectivity index (χ4n) is 3.52. The first-order valence-corrected chi connectivity index (χ1v) is 9.62. The van der Waals surface area contributed by atoms with Crippen LogP contribution in [0, 0.1) is 0 Å². The molecule has 3 rings (SSSR count). The van der Waals surface area contributed by atoms with Crippen LogP contribution in [0.3, 0.4) is 0 Å². The second-order valence-corrected chi connectivity index (χ2v) is 7.11. The lowest BCUT2D eigenvalue weighted by molar-refractivity contribution is -0.137. The average molecular weight is 396 g/mol. The predicted octanol–water partition coefficient (Wildman–Crippen LogP) is 2.93. The van der Waals surface area contributed by atoms with Gasteiger partial charge in [-0.3, -0.25) is 14.4 Å². The predicted molar refractivity (Wildman–Crippen MR) is 107 cm³/mol. The van der Waals surface area contributed by atoms with Gasteiger partial charge in [0.2, 0.25) is 11.8 Å². The van der Waals surface area contributed by atoms with Crippen LogP contribution in [0.15, 0.2) is 48.5 Å². The summed E-state index contributed by atoms with van der Waals surface area (Å²) in [6, 6.07) is 13.9. The molecule has 1 unspecified atom stereocenters. The lowest BCUT2D eigenvalue weighted by Crippen LogP contribution is -2.41. The van der Waals surface area contributed by atoms with Crippen molar-refractivity contribution in [2.24, 2.45) is 0 Å². The fourth-order valence-corrected chi connectivity index (χ4v) is 3.52. The molecule has 0 spiro atoms. The van der Waals surface area contributed by atoms with Crippen molar-refractivity contribution in [2.45, 2.75) is 44.7 Å². The van der Waals surface area contributed by atoms with Crippen molar-refractivity contribution in [1.29, 1.82) is 0 Å². The van der Waals surface area contributed by atoms with E-state index in [2.05, 4.69) is 5.32 Å². The van der Waals surface area contributed by atoms with Gasteiger partial charge in [0.1, 0.15) is 11.8 Å². The Kier molecular flexibility index (Phi) is 6.49. The molecule has 0 aromatic heterocycles. The van der Waals surface area contributed by atoms with E-state index in [9.17, 15) is 19.5 Å². The fraction of sp³-hybridized carbons (Fsp3) is 0.318. The highest BCUT2D eigenvalue weighted by Crippen LogP contribution is 2.30. The van der Waals surface area contributed by atoms with Gasteiger partial charge in [-0.1, -0.05) is 42.5 Å². The van der Waals surface area contributed by atoms with E-state index < -0.39 is 12.0 Å². The molecule has 1 aliphatic heterocycles. The number of para-hydroxylation sites is 1. The summed E-state index contributed by atoms with van der Waals surface area (Å²) >= 11 is 0. The van der Waals surface area contributed by atoms with Gasteiger partial charge in [-0.15, -0.1) is 0 Å². The molecule has 0 aliphatic carbocycles. The summed E-state index contributed by atoms with van der Waals surface area (Å²) in [6.45, 7) is 0.360. The van der Waals surface area contributed by atoms with Crippen LogP contribution in [0.5, 0.6) is 5.75 Å². The Labute approximate surface area is 169 Å². The highest BCUT2D eigenvalue weighted by molar-refractivity contribution is 6.00. The minimum Gasteiger partial charge on any atom is -0.505 e. The summed E-state index contributed by atoms with van der Waals surface area (Å²) in [5, 5.41) is 21.9. The maximum Gasteiger partial charge on any atom is 0.303 e. The molecular weight excluding hydrogens is 372 g/mol. The van der Waals surface area contributed by atoms with Gasteiger partial charge in [-0.2, -0.15) is 0 Å². The number of aromatic hydroxyl groups is 1. The van der Waals surface area contributed by atoms with Gasteiger partial charge in [-0.25, -0.2) is 0 Å². The summed E-state index contributed by atoms with van der Waals surface area (Å²) in [5.41, 5.74) is 1.79. The first-order chi connectivity index (χ1) is 14.0. The zero-order chi connectivity index (χ0) is 20.8. The number of carboxylic acids is 1. The molecule has 2 aromatic carbocycles. The van der Waals surface area contributed by atoms with Gasteiger partial charge in [0.25, 0.3) is 0 Å². The number of anilines is 1. The van der Waals surface area contributed by atoms with Crippen LogP contribution in [0.1, 0.15) is 36.8 Å². The number of aryl methyl sites for hydroxylation is 1. The monoisotopic (exact) mass is 396 g/mol. The molecule has 2 aromatic rings.